The molecule has 3 aromatic heterocycles. The third-order valence-electron chi connectivity index (χ3n) is 5.66. The molecule has 1 atom stereocenters. The number of halogens is 4. The lowest BCUT2D eigenvalue weighted by atomic mass is 10.1. The van der Waals surface area contributed by atoms with Crippen molar-refractivity contribution in [2.24, 2.45) is 7.05 Å². The number of furan rings is 1. The second-order valence-corrected chi connectivity index (χ2v) is 8.02. The van der Waals surface area contributed by atoms with Crippen LogP contribution in [0.25, 0.3) is 22.6 Å². The number of hydrogen-bond acceptors (Lipinski definition) is 5. The average Bonchev–Trinajstić information content (AvgIpc) is 3.51. The molecular formula is C22H18F4N6O2. The van der Waals surface area contributed by atoms with Crippen molar-refractivity contribution in [2.45, 2.75) is 25.1 Å². The monoisotopic (exact) mass is 474 g/mol. The van der Waals surface area contributed by atoms with Crippen molar-refractivity contribution in [3.05, 3.63) is 60.5 Å². The number of rotatable bonds is 4. The Morgan fingerprint density at radius 2 is 2.03 bits per heavy atom. The lowest BCUT2D eigenvalue weighted by Crippen LogP contribution is -2.42. The first-order chi connectivity index (χ1) is 16.2. The standard InChI is InChI=1S/C22H18F4N6O2/c1-30-9-14(8-27-30)13-7-20(34-11-13)17-10-32(29-28-17)19-6-5-15-16(23)3-2-4-18(15)31(21(19)33)12-22(24,25)26/h2-4,7-11,19H,5-6,12H2,1H3. The van der Waals surface area contributed by atoms with Gasteiger partial charge in [0.05, 0.1) is 24.3 Å². The SMILES string of the molecule is Cn1cc(-c2coc(-c3cn(C4CCc5c(F)cccc5N(CC(F)(F)F)C4=O)nn3)c2)cn1. The molecule has 4 heterocycles. The lowest BCUT2D eigenvalue weighted by Gasteiger charge is -2.26. The van der Waals surface area contributed by atoms with Crippen LogP contribution in [0.2, 0.25) is 0 Å². The summed E-state index contributed by atoms with van der Waals surface area (Å²) in [6, 6.07) is 4.40. The van der Waals surface area contributed by atoms with E-state index in [1.165, 1.54) is 35.3 Å². The number of aryl methyl sites for hydroxylation is 1. The summed E-state index contributed by atoms with van der Waals surface area (Å²) in [5.41, 5.74) is 1.86. The van der Waals surface area contributed by atoms with Crippen LogP contribution in [0.1, 0.15) is 18.0 Å². The summed E-state index contributed by atoms with van der Waals surface area (Å²) >= 11 is 0. The van der Waals surface area contributed by atoms with Crippen LogP contribution in [0.5, 0.6) is 0 Å². The van der Waals surface area contributed by atoms with Crippen molar-refractivity contribution in [1.82, 2.24) is 24.8 Å². The fourth-order valence-corrected chi connectivity index (χ4v) is 4.07. The van der Waals surface area contributed by atoms with Crippen molar-refractivity contribution >= 4 is 11.6 Å². The highest BCUT2D eigenvalue weighted by atomic mass is 19.4. The number of fused-ring (bicyclic) bond motifs is 1. The zero-order chi connectivity index (χ0) is 24.0. The van der Waals surface area contributed by atoms with Crippen LogP contribution in [0, 0.1) is 5.82 Å². The van der Waals surface area contributed by atoms with E-state index in [2.05, 4.69) is 15.4 Å². The minimum atomic E-state index is -4.67. The van der Waals surface area contributed by atoms with Gasteiger partial charge in [0.2, 0.25) is 0 Å². The molecule has 34 heavy (non-hydrogen) atoms. The summed E-state index contributed by atoms with van der Waals surface area (Å²) in [4.78, 5) is 13.8. The maximum Gasteiger partial charge on any atom is 0.406 e. The third kappa shape index (κ3) is 4.06. The van der Waals surface area contributed by atoms with E-state index in [1.54, 1.807) is 24.0 Å². The second kappa shape index (κ2) is 8.12. The van der Waals surface area contributed by atoms with E-state index in [1.807, 2.05) is 6.20 Å². The largest absolute Gasteiger partial charge is 0.462 e. The van der Waals surface area contributed by atoms with Crippen LogP contribution in [-0.2, 0) is 18.3 Å². The molecule has 1 amide bonds. The lowest BCUT2D eigenvalue weighted by molar-refractivity contribution is -0.134. The van der Waals surface area contributed by atoms with E-state index >= 15 is 0 Å². The number of amides is 1. The summed E-state index contributed by atoms with van der Waals surface area (Å²) in [5, 5.41) is 12.1. The Morgan fingerprint density at radius 1 is 1.21 bits per heavy atom. The molecule has 1 aliphatic rings. The Morgan fingerprint density at radius 3 is 2.76 bits per heavy atom. The van der Waals surface area contributed by atoms with Gasteiger partial charge in [-0.3, -0.25) is 9.48 Å². The van der Waals surface area contributed by atoms with Gasteiger partial charge in [0, 0.05) is 29.9 Å². The maximum absolute atomic E-state index is 14.4. The molecule has 1 aliphatic heterocycles. The van der Waals surface area contributed by atoms with Gasteiger partial charge >= 0.3 is 6.18 Å². The first kappa shape index (κ1) is 21.9. The summed E-state index contributed by atoms with van der Waals surface area (Å²) in [6.07, 6.45) is 1.89. The van der Waals surface area contributed by atoms with E-state index in [9.17, 15) is 22.4 Å². The molecule has 176 valence electrons. The Balaban J connectivity index is 1.46. The molecule has 0 spiro atoms. The maximum atomic E-state index is 14.4. The van der Waals surface area contributed by atoms with E-state index in [-0.39, 0.29) is 24.1 Å². The molecule has 0 fully saturated rings. The van der Waals surface area contributed by atoms with Gasteiger partial charge in [-0.2, -0.15) is 18.3 Å². The van der Waals surface area contributed by atoms with Crippen LogP contribution >= 0.6 is 0 Å². The summed E-state index contributed by atoms with van der Waals surface area (Å²) in [7, 11) is 1.78. The second-order valence-electron chi connectivity index (χ2n) is 8.02. The molecule has 1 unspecified atom stereocenters. The first-order valence-electron chi connectivity index (χ1n) is 10.3. The molecule has 0 saturated carbocycles. The minimum absolute atomic E-state index is 0.0585. The molecular weight excluding hydrogens is 456 g/mol. The molecule has 0 saturated heterocycles. The van der Waals surface area contributed by atoms with Gasteiger partial charge in [-0.15, -0.1) is 5.10 Å². The van der Waals surface area contributed by atoms with Gasteiger partial charge in [0.25, 0.3) is 5.91 Å². The Labute approximate surface area is 190 Å². The molecule has 1 aromatic carbocycles. The highest BCUT2D eigenvalue weighted by molar-refractivity contribution is 5.97. The average molecular weight is 474 g/mol. The highest BCUT2D eigenvalue weighted by Gasteiger charge is 2.40. The van der Waals surface area contributed by atoms with Crippen molar-refractivity contribution in [2.75, 3.05) is 11.4 Å². The van der Waals surface area contributed by atoms with Gasteiger partial charge in [0.15, 0.2) is 5.76 Å². The predicted molar refractivity (Wildman–Crippen MR) is 112 cm³/mol. The van der Waals surface area contributed by atoms with Gasteiger partial charge in [-0.05, 0) is 31.0 Å². The Bertz CT molecular complexity index is 1360. The molecule has 0 N–H and O–H groups in total. The Hall–Kier alpha value is -3.96. The van der Waals surface area contributed by atoms with E-state index in [0.717, 1.165) is 11.1 Å². The van der Waals surface area contributed by atoms with E-state index in [4.69, 9.17) is 4.42 Å². The normalized spacial score (nSPS) is 16.6. The van der Waals surface area contributed by atoms with Gasteiger partial charge < -0.3 is 9.32 Å². The smallest absolute Gasteiger partial charge is 0.406 e. The first-order valence-corrected chi connectivity index (χ1v) is 10.3. The fourth-order valence-electron chi connectivity index (χ4n) is 4.07. The number of aromatic nitrogens is 5. The van der Waals surface area contributed by atoms with E-state index in [0.29, 0.717) is 16.4 Å². The molecule has 12 heteroatoms. The van der Waals surface area contributed by atoms with Crippen molar-refractivity contribution in [3.8, 4) is 22.6 Å². The molecule has 0 bridgehead atoms. The molecule has 0 radical (unpaired) electrons. The van der Waals surface area contributed by atoms with Crippen LogP contribution < -0.4 is 4.90 Å². The Kier molecular flexibility index (Phi) is 5.22. The number of alkyl halides is 3. The van der Waals surface area contributed by atoms with Crippen molar-refractivity contribution in [1.29, 1.82) is 0 Å². The number of carbonyl (C=O) groups is 1. The number of hydrogen-bond donors (Lipinski definition) is 0. The van der Waals surface area contributed by atoms with Gasteiger partial charge in [-0.1, -0.05) is 11.3 Å². The number of carbonyl (C=O) groups excluding carboxylic acids is 1. The van der Waals surface area contributed by atoms with Crippen molar-refractivity contribution in [3.63, 3.8) is 0 Å². The quantitative estimate of drug-likeness (QED) is 0.415. The number of nitrogens with zero attached hydrogens (tertiary/aromatic N) is 6. The van der Waals surface area contributed by atoms with Crippen LogP contribution in [0.3, 0.4) is 0 Å². The predicted octanol–water partition coefficient (Wildman–Crippen LogP) is 4.16. The zero-order valence-electron chi connectivity index (χ0n) is 17.8. The van der Waals surface area contributed by atoms with Gasteiger partial charge in [-0.25, -0.2) is 9.07 Å². The fraction of sp³-hybridized carbons (Fsp3) is 0.273. The number of benzene rings is 1. The zero-order valence-corrected chi connectivity index (χ0v) is 17.8. The molecule has 4 aromatic rings. The van der Waals surface area contributed by atoms with Crippen LogP contribution in [0.15, 0.2) is 53.5 Å². The highest BCUT2D eigenvalue weighted by Crippen LogP contribution is 2.35. The minimum Gasteiger partial charge on any atom is -0.462 e. The summed E-state index contributed by atoms with van der Waals surface area (Å²) in [5.74, 6) is -1.13. The van der Waals surface area contributed by atoms with Gasteiger partial charge in [0.1, 0.15) is 24.1 Å². The third-order valence-corrected chi connectivity index (χ3v) is 5.66. The summed E-state index contributed by atoms with van der Waals surface area (Å²) < 4.78 is 62.7. The van der Waals surface area contributed by atoms with E-state index < -0.39 is 30.5 Å². The molecule has 0 aliphatic carbocycles. The van der Waals surface area contributed by atoms with Crippen LogP contribution in [-0.4, -0.2) is 43.4 Å². The number of anilines is 1. The van der Waals surface area contributed by atoms with Crippen molar-refractivity contribution < 1.29 is 26.8 Å². The molecule has 5 rings (SSSR count). The topological polar surface area (TPSA) is 82.0 Å². The molecule has 8 nitrogen and oxygen atoms in total. The summed E-state index contributed by atoms with van der Waals surface area (Å²) in [6.45, 7) is -1.53. The van der Waals surface area contributed by atoms with Crippen LogP contribution in [0.4, 0.5) is 23.2 Å².